The molecule has 9 aromatic carbocycles. The van der Waals surface area contributed by atoms with Crippen LogP contribution in [0, 0.1) is 0 Å². The SMILES string of the molecule is CC(C)(C)c1ccc(-c2cc(C=Cc3ccc(C=C(c4ccccc4)c4ccccc4)cc3)c(-c3ccc(C(C)(C)C)cc3)cc2C=Cc2ccc(C=C(c3ccccc3)c3ccccc3)cc2)cc1. The first-order valence-electron chi connectivity index (χ1n) is 24.6. The van der Waals surface area contributed by atoms with Crippen molar-refractivity contribution in [1.82, 2.24) is 0 Å². The summed E-state index contributed by atoms with van der Waals surface area (Å²) in [7, 11) is 0. The summed E-state index contributed by atoms with van der Waals surface area (Å²) in [5.41, 5.74) is 21.6. The molecular weight excluding hydrogens is 841 g/mol. The van der Waals surface area contributed by atoms with Crippen molar-refractivity contribution in [2.45, 2.75) is 52.4 Å². The fourth-order valence-corrected chi connectivity index (χ4v) is 8.96. The Hall–Kier alpha value is -8.06. The van der Waals surface area contributed by atoms with Gasteiger partial charge in [0.15, 0.2) is 0 Å². The van der Waals surface area contributed by atoms with Gasteiger partial charge in [-0.3, -0.25) is 0 Å². The van der Waals surface area contributed by atoms with Gasteiger partial charge in [0.1, 0.15) is 0 Å². The summed E-state index contributed by atoms with van der Waals surface area (Å²) in [4.78, 5) is 0. The maximum Gasteiger partial charge on any atom is -0.0105 e. The standard InChI is InChI=1S/C70H62/c1-69(2,3)63-43-39-59(40-44-63)67-49-62(38-36-52-29-33-54(34-30-52)48-66(57-23-15-9-16-24-57)58-25-17-10-18-26-58)68(60-41-45-64(46-42-60)70(4,5)6)50-61(67)37-35-51-27-31-53(32-28-51)47-65(55-19-11-7-12-20-55)56-21-13-8-14-22-56/h7-50H,1-6H3. The van der Waals surface area contributed by atoms with Gasteiger partial charge in [-0.05, 0) is 135 Å². The van der Waals surface area contributed by atoms with E-state index in [1.807, 2.05) is 0 Å². The Morgan fingerprint density at radius 2 is 0.557 bits per heavy atom. The fraction of sp³-hybridized carbons (Fsp3) is 0.114. The van der Waals surface area contributed by atoms with E-state index in [-0.39, 0.29) is 10.8 Å². The summed E-state index contributed by atoms with van der Waals surface area (Å²) in [5, 5.41) is 0. The van der Waals surface area contributed by atoms with Crippen LogP contribution in [0.1, 0.15) is 108 Å². The monoisotopic (exact) mass is 902 g/mol. The zero-order valence-electron chi connectivity index (χ0n) is 41.4. The van der Waals surface area contributed by atoms with Crippen molar-refractivity contribution in [3.63, 3.8) is 0 Å². The van der Waals surface area contributed by atoms with Gasteiger partial charge in [-0.25, -0.2) is 0 Å². The Bertz CT molecular complexity index is 2950. The van der Waals surface area contributed by atoms with E-state index in [1.165, 1.54) is 77.9 Å². The molecule has 0 spiro atoms. The Labute approximate surface area is 417 Å². The zero-order valence-corrected chi connectivity index (χ0v) is 41.4. The molecule has 0 fully saturated rings. The topological polar surface area (TPSA) is 0 Å². The second-order valence-corrected chi connectivity index (χ2v) is 20.3. The summed E-state index contributed by atoms with van der Waals surface area (Å²) in [6.07, 6.45) is 13.7. The molecule has 0 radical (unpaired) electrons. The number of hydrogen-bond donors (Lipinski definition) is 0. The molecule has 0 unspecified atom stereocenters. The third kappa shape index (κ3) is 11.6. The molecule has 0 saturated heterocycles. The molecule has 0 nitrogen and oxygen atoms in total. The number of rotatable bonds is 12. The molecule has 0 aliphatic heterocycles. The van der Waals surface area contributed by atoms with Crippen LogP contribution in [0.25, 0.3) is 69.9 Å². The highest BCUT2D eigenvalue weighted by molar-refractivity contribution is 5.94. The van der Waals surface area contributed by atoms with Crippen LogP contribution in [-0.2, 0) is 10.8 Å². The van der Waals surface area contributed by atoms with Gasteiger partial charge >= 0.3 is 0 Å². The van der Waals surface area contributed by atoms with E-state index >= 15 is 0 Å². The quantitative estimate of drug-likeness (QED) is 0.107. The second kappa shape index (κ2) is 21.1. The van der Waals surface area contributed by atoms with Crippen LogP contribution >= 0.6 is 0 Å². The molecule has 0 atom stereocenters. The lowest BCUT2D eigenvalue weighted by molar-refractivity contribution is 0.590. The first-order valence-corrected chi connectivity index (χ1v) is 24.6. The van der Waals surface area contributed by atoms with E-state index in [1.54, 1.807) is 0 Å². The van der Waals surface area contributed by atoms with Gasteiger partial charge < -0.3 is 0 Å². The normalized spacial score (nSPS) is 11.7. The van der Waals surface area contributed by atoms with Crippen molar-refractivity contribution in [3.8, 4) is 22.3 Å². The minimum absolute atomic E-state index is 0.0541. The van der Waals surface area contributed by atoms with Crippen LogP contribution in [0.15, 0.2) is 231 Å². The number of hydrogen-bond acceptors (Lipinski definition) is 0. The predicted octanol–water partition coefficient (Wildman–Crippen LogP) is 19.1. The average Bonchev–Trinajstić information content (AvgIpc) is 3.39. The maximum atomic E-state index is 2.39. The van der Waals surface area contributed by atoms with Crippen LogP contribution in [0.3, 0.4) is 0 Å². The molecule has 9 aromatic rings. The lowest BCUT2D eigenvalue weighted by Gasteiger charge is -2.21. The van der Waals surface area contributed by atoms with Crippen molar-refractivity contribution >= 4 is 47.6 Å². The molecule has 70 heavy (non-hydrogen) atoms. The van der Waals surface area contributed by atoms with E-state index in [2.05, 4.69) is 309 Å². The average molecular weight is 903 g/mol. The molecule has 0 amide bonds. The lowest BCUT2D eigenvalue weighted by atomic mass is 9.84. The highest BCUT2D eigenvalue weighted by Crippen LogP contribution is 2.37. The Balaban J connectivity index is 1.10. The fourth-order valence-electron chi connectivity index (χ4n) is 8.96. The van der Waals surface area contributed by atoms with Crippen molar-refractivity contribution in [2.24, 2.45) is 0 Å². The van der Waals surface area contributed by atoms with Crippen LogP contribution in [0.5, 0.6) is 0 Å². The molecule has 0 aromatic heterocycles. The Kier molecular flexibility index (Phi) is 14.2. The largest absolute Gasteiger partial charge is 0.0622 e. The second-order valence-electron chi connectivity index (χ2n) is 20.3. The van der Waals surface area contributed by atoms with Gasteiger partial charge in [-0.15, -0.1) is 0 Å². The molecule has 9 rings (SSSR count). The van der Waals surface area contributed by atoms with E-state index < -0.39 is 0 Å². The minimum Gasteiger partial charge on any atom is -0.0622 e. The van der Waals surface area contributed by atoms with Gasteiger partial charge in [-0.1, -0.05) is 284 Å². The maximum absolute atomic E-state index is 2.39. The van der Waals surface area contributed by atoms with Gasteiger partial charge in [-0.2, -0.15) is 0 Å². The first kappa shape index (κ1) is 47.0. The molecule has 0 aliphatic carbocycles. The van der Waals surface area contributed by atoms with Crippen LogP contribution < -0.4 is 0 Å². The van der Waals surface area contributed by atoms with Crippen molar-refractivity contribution < 1.29 is 0 Å². The summed E-state index contributed by atoms with van der Waals surface area (Å²) in [6.45, 7) is 13.7. The third-order valence-corrected chi connectivity index (χ3v) is 13.1. The zero-order chi connectivity index (χ0) is 48.5. The third-order valence-electron chi connectivity index (χ3n) is 13.1. The molecule has 342 valence electrons. The Morgan fingerprint density at radius 1 is 0.286 bits per heavy atom. The highest BCUT2D eigenvalue weighted by atomic mass is 14.2. The molecule has 0 heteroatoms. The molecule has 0 saturated carbocycles. The smallest absolute Gasteiger partial charge is 0.0105 e. The minimum atomic E-state index is 0.0541. The molecule has 0 N–H and O–H groups in total. The molecule has 0 bridgehead atoms. The van der Waals surface area contributed by atoms with E-state index in [9.17, 15) is 0 Å². The molecule has 0 aliphatic rings. The summed E-state index contributed by atoms with van der Waals surface area (Å²) < 4.78 is 0. The molecule has 0 heterocycles. The van der Waals surface area contributed by atoms with Gasteiger partial charge in [0, 0.05) is 0 Å². The van der Waals surface area contributed by atoms with Crippen LogP contribution in [-0.4, -0.2) is 0 Å². The van der Waals surface area contributed by atoms with Gasteiger partial charge in [0.2, 0.25) is 0 Å². The Morgan fingerprint density at radius 3 is 0.829 bits per heavy atom. The summed E-state index contributed by atoms with van der Waals surface area (Å²) in [6, 6.07) is 83.5. The highest BCUT2D eigenvalue weighted by Gasteiger charge is 2.17. The van der Waals surface area contributed by atoms with Crippen LogP contribution in [0.2, 0.25) is 0 Å². The lowest BCUT2D eigenvalue weighted by Crippen LogP contribution is -2.10. The van der Waals surface area contributed by atoms with Gasteiger partial charge in [0.05, 0.1) is 0 Å². The van der Waals surface area contributed by atoms with E-state index in [0.29, 0.717) is 0 Å². The molecular formula is C70H62. The van der Waals surface area contributed by atoms with E-state index in [0.717, 1.165) is 22.3 Å². The number of benzene rings is 9. The van der Waals surface area contributed by atoms with Crippen molar-refractivity contribution in [3.05, 3.63) is 297 Å². The van der Waals surface area contributed by atoms with Gasteiger partial charge in [0.25, 0.3) is 0 Å². The predicted molar refractivity (Wildman–Crippen MR) is 305 cm³/mol. The van der Waals surface area contributed by atoms with Crippen molar-refractivity contribution in [2.75, 3.05) is 0 Å². The van der Waals surface area contributed by atoms with Crippen LogP contribution in [0.4, 0.5) is 0 Å². The summed E-state index contributed by atoms with van der Waals surface area (Å²) in [5.74, 6) is 0. The van der Waals surface area contributed by atoms with Crippen molar-refractivity contribution in [1.29, 1.82) is 0 Å². The summed E-state index contributed by atoms with van der Waals surface area (Å²) >= 11 is 0. The van der Waals surface area contributed by atoms with E-state index in [4.69, 9.17) is 0 Å². The first-order chi connectivity index (χ1) is 33.9.